The third-order valence-electron chi connectivity index (χ3n) is 1.66. The molecule has 0 spiro atoms. The first-order chi connectivity index (χ1) is 5.18. The van der Waals surface area contributed by atoms with Crippen molar-refractivity contribution in [3.05, 3.63) is 17.3 Å². The molecule has 0 saturated heterocycles. The fourth-order valence-corrected chi connectivity index (χ4v) is 1.16. The number of carbonyl (C=O) groups excluding carboxylic acids is 1. The van der Waals surface area contributed by atoms with Crippen molar-refractivity contribution >= 4 is 11.6 Å². The minimum absolute atomic E-state index is 0.0117. The number of aromatic nitrogens is 1. The lowest BCUT2D eigenvalue weighted by atomic mass is 10.2. The molecule has 1 aliphatic rings. The lowest BCUT2D eigenvalue weighted by molar-refractivity contribution is 0.101. The highest BCUT2D eigenvalue weighted by Crippen LogP contribution is 2.22. The second-order valence-corrected chi connectivity index (χ2v) is 2.45. The summed E-state index contributed by atoms with van der Waals surface area (Å²) in [6.07, 6.45) is 0. The maximum absolute atomic E-state index is 11.0. The summed E-state index contributed by atoms with van der Waals surface area (Å²) in [7, 11) is 0. The molecule has 0 radical (unpaired) electrons. The number of aliphatic imine (C=N–C) groups is 1. The Kier molecular flexibility index (Phi) is 0.961. The number of aromatic hydroxyl groups is 1. The van der Waals surface area contributed by atoms with Gasteiger partial charge in [-0.2, -0.15) is 0 Å². The minimum atomic E-state index is -0.283. The summed E-state index contributed by atoms with van der Waals surface area (Å²) < 4.78 is 0. The van der Waals surface area contributed by atoms with Gasteiger partial charge in [0.1, 0.15) is 0 Å². The van der Waals surface area contributed by atoms with E-state index in [-0.39, 0.29) is 11.8 Å². The van der Waals surface area contributed by atoms with E-state index in [0.717, 1.165) is 0 Å². The number of rotatable bonds is 0. The lowest BCUT2D eigenvalue weighted by Crippen LogP contribution is -1.89. The van der Waals surface area contributed by atoms with Crippen LogP contribution in [0, 0.1) is 0 Å². The molecule has 1 aromatic rings. The first kappa shape index (κ1) is 6.15. The SMILES string of the molecule is CC1=NC(=O)c2cc(O)[nH]c21. The Labute approximate surface area is 62.6 Å². The van der Waals surface area contributed by atoms with Crippen LogP contribution in [0.3, 0.4) is 0 Å². The van der Waals surface area contributed by atoms with Gasteiger partial charge in [-0.1, -0.05) is 0 Å². The second kappa shape index (κ2) is 1.72. The molecule has 2 N–H and O–H groups in total. The fourth-order valence-electron chi connectivity index (χ4n) is 1.16. The monoisotopic (exact) mass is 150 g/mol. The van der Waals surface area contributed by atoms with E-state index in [1.807, 2.05) is 0 Å². The highest BCUT2D eigenvalue weighted by molar-refractivity contribution is 6.19. The maximum Gasteiger partial charge on any atom is 0.279 e. The van der Waals surface area contributed by atoms with Gasteiger partial charge in [0.2, 0.25) is 0 Å². The van der Waals surface area contributed by atoms with E-state index in [1.165, 1.54) is 6.07 Å². The maximum atomic E-state index is 11.0. The van der Waals surface area contributed by atoms with Crippen molar-refractivity contribution in [2.24, 2.45) is 4.99 Å². The minimum Gasteiger partial charge on any atom is -0.495 e. The van der Waals surface area contributed by atoms with Crippen molar-refractivity contribution in [3.63, 3.8) is 0 Å². The van der Waals surface area contributed by atoms with E-state index >= 15 is 0 Å². The van der Waals surface area contributed by atoms with Gasteiger partial charge in [-0.05, 0) is 6.92 Å². The summed E-state index contributed by atoms with van der Waals surface area (Å²) >= 11 is 0. The number of hydrogen-bond donors (Lipinski definition) is 2. The van der Waals surface area contributed by atoms with Gasteiger partial charge in [-0.25, -0.2) is 4.99 Å². The number of nitrogens with one attached hydrogen (secondary N) is 1. The fraction of sp³-hybridized carbons (Fsp3) is 0.143. The highest BCUT2D eigenvalue weighted by atomic mass is 16.3. The van der Waals surface area contributed by atoms with Crippen LogP contribution in [0.2, 0.25) is 0 Å². The van der Waals surface area contributed by atoms with Gasteiger partial charge in [0.25, 0.3) is 5.91 Å². The van der Waals surface area contributed by atoms with Crippen LogP contribution in [-0.2, 0) is 0 Å². The number of hydrogen-bond acceptors (Lipinski definition) is 2. The van der Waals surface area contributed by atoms with Gasteiger partial charge in [-0.3, -0.25) is 4.79 Å². The van der Waals surface area contributed by atoms with Crippen molar-refractivity contribution in [2.75, 3.05) is 0 Å². The van der Waals surface area contributed by atoms with Crippen LogP contribution >= 0.6 is 0 Å². The summed E-state index contributed by atoms with van der Waals surface area (Å²) in [6.45, 7) is 1.72. The quantitative estimate of drug-likeness (QED) is 0.571. The number of carbonyl (C=O) groups is 1. The zero-order valence-corrected chi connectivity index (χ0v) is 5.88. The Balaban J connectivity index is 2.69. The van der Waals surface area contributed by atoms with Gasteiger partial charge in [-0.15, -0.1) is 0 Å². The first-order valence-corrected chi connectivity index (χ1v) is 3.20. The van der Waals surface area contributed by atoms with Crippen LogP contribution in [0.4, 0.5) is 0 Å². The molecule has 1 aromatic heterocycles. The molecule has 1 aliphatic heterocycles. The molecule has 0 aromatic carbocycles. The molecule has 56 valence electrons. The van der Waals surface area contributed by atoms with Crippen molar-refractivity contribution in [1.29, 1.82) is 0 Å². The summed E-state index contributed by atoms with van der Waals surface area (Å²) in [6, 6.07) is 1.39. The smallest absolute Gasteiger partial charge is 0.279 e. The van der Waals surface area contributed by atoms with Crippen LogP contribution in [0.1, 0.15) is 23.0 Å². The van der Waals surface area contributed by atoms with Gasteiger partial charge in [0, 0.05) is 6.07 Å². The summed E-state index contributed by atoms with van der Waals surface area (Å²) in [4.78, 5) is 17.3. The van der Waals surface area contributed by atoms with E-state index in [1.54, 1.807) is 6.92 Å². The number of nitrogens with zero attached hydrogens (tertiary/aromatic N) is 1. The van der Waals surface area contributed by atoms with Gasteiger partial charge in [0.05, 0.1) is 17.0 Å². The second-order valence-electron chi connectivity index (χ2n) is 2.45. The molecule has 0 fully saturated rings. The molecule has 0 unspecified atom stereocenters. The van der Waals surface area contributed by atoms with Crippen molar-refractivity contribution in [2.45, 2.75) is 6.92 Å². The Morgan fingerprint density at radius 3 is 3.00 bits per heavy atom. The number of H-pyrrole nitrogens is 1. The van der Waals surface area contributed by atoms with Crippen LogP contribution in [0.15, 0.2) is 11.1 Å². The number of aromatic amines is 1. The lowest BCUT2D eigenvalue weighted by Gasteiger charge is -1.86. The van der Waals surface area contributed by atoms with Crippen molar-refractivity contribution in [3.8, 4) is 5.88 Å². The van der Waals surface area contributed by atoms with E-state index in [0.29, 0.717) is 17.0 Å². The topological polar surface area (TPSA) is 65.4 Å². The molecule has 0 saturated carbocycles. The average Bonchev–Trinajstić information content (AvgIpc) is 2.38. The van der Waals surface area contributed by atoms with Crippen LogP contribution in [0.25, 0.3) is 0 Å². The standard InChI is InChI=1S/C7H6N2O2/c1-3-6-4(7(11)8-3)2-5(10)9-6/h2,9-10H,1H3. The summed E-state index contributed by atoms with van der Waals surface area (Å²) in [5, 5.41) is 8.97. The van der Waals surface area contributed by atoms with Crippen molar-refractivity contribution in [1.82, 2.24) is 4.98 Å². The molecule has 2 heterocycles. The van der Waals surface area contributed by atoms with Gasteiger partial charge in [0.15, 0.2) is 5.88 Å². The molecule has 11 heavy (non-hydrogen) atoms. The van der Waals surface area contributed by atoms with E-state index in [4.69, 9.17) is 5.11 Å². The number of fused-ring (bicyclic) bond motifs is 1. The van der Waals surface area contributed by atoms with Crippen LogP contribution in [-0.4, -0.2) is 21.7 Å². The summed E-state index contributed by atoms with van der Waals surface area (Å²) in [5.41, 5.74) is 1.72. The van der Waals surface area contributed by atoms with E-state index in [2.05, 4.69) is 9.98 Å². The van der Waals surface area contributed by atoms with E-state index < -0.39 is 0 Å². The molecular weight excluding hydrogens is 144 g/mol. The molecule has 0 atom stereocenters. The third kappa shape index (κ3) is 0.690. The molecule has 2 rings (SSSR count). The number of amides is 1. The first-order valence-electron chi connectivity index (χ1n) is 3.20. The van der Waals surface area contributed by atoms with Crippen molar-refractivity contribution < 1.29 is 9.90 Å². The molecule has 0 aliphatic carbocycles. The van der Waals surface area contributed by atoms with E-state index in [9.17, 15) is 4.79 Å². The Morgan fingerprint density at radius 1 is 1.64 bits per heavy atom. The normalized spacial score (nSPS) is 15.0. The zero-order valence-electron chi connectivity index (χ0n) is 5.88. The molecule has 4 nitrogen and oxygen atoms in total. The Hall–Kier alpha value is -1.58. The third-order valence-corrected chi connectivity index (χ3v) is 1.66. The Morgan fingerprint density at radius 2 is 2.36 bits per heavy atom. The molecule has 1 amide bonds. The predicted octanol–water partition coefficient (Wildman–Crippen LogP) is 0.683. The Bertz CT molecular complexity index is 363. The van der Waals surface area contributed by atoms with Gasteiger partial charge >= 0.3 is 0 Å². The predicted molar refractivity (Wildman–Crippen MR) is 39.0 cm³/mol. The largest absolute Gasteiger partial charge is 0.495 e. The molecular formula is C7H6N2O2. The van der Waals surface area contributed by atoms with Gasteiger partial charge < -0.3 is 10.1 Å². The zero-order chi connectivity index (χ0) is 8.01. The molecule has 4 heteroatoms. The molecule has 0 bridgehead atoms. The summed E-state index contributed by atoms with van der Waals surface area (Å²) in [5.74, 6) is -0.272. The highest BCUT2D eigenvalue weighted by Gasteiger charge is 2.22. The van der Waals surface area contributed by atoms with Crippen LogP contribution in [0.5, 0.6) is 5.88 Å². The average molecular weight is 150 g/mol. The van der Waals surface area contributed by atoms with Crippen LogP contribution < -0.4 is 0 Å².